The number of rotatable bonds is 3. The van der Waals surface area contributed by atoms with E-state index in [2.05, 4.69) is 16.5 Å². The summed E-state index contributed by atoms with van der Waals surface area (Å²) in [6, 6.07) is 8.12. The molecule has 0 aliphatic rings. The molecule has 0 aliphatic carbocycles. The number of hydrogen-bond donors (Lipinski definition) is 1. The first-order chi connectivity index (χ1) is 10.2. The zero-order valence-electron chi connectivity index (χ0n) is 10.9. The van der Waals surface area contributed by atoms with E-state index in [-0.39, 0.29) is 11.4 Å². The van der Waals surface area contributed by atoms with Crippen molar-refractivity contribution in [3.8, 4) is 17.6 Å². The Morgan fingerprint density at radius 2 is 2.24 bits per heavy atom. The summed E-state index contributed by atoms with van der Waals surface area (Å²) in [6.45, 7) is 3.71. The molecule has 0 spiro atoms. The number of aromatic nitrogens is 2. The van der Waals surface area contributed by atoms with Crippen molar-refractivity contribution < 1.29 is 9.13 Å². The molecule has 5 heteroatoms. The minimum absolute atomic E-state index is 0.0761. The number of aromatic amines is 1. The van der Waals surface area contributed by atoms with Gasteiger partial charge in [-0.25, -0.2) is 9.37 Å². The van der Waals surface area contributed by atoms with E-state index in [0.29, 0.717) is 16.8 Å². The number of ether oxygens (including phenoxy) is 1. The summed E-state index contributed by atoms with van der Waals surface area (Å²) in [7, 11) is 0. The second kappa shape index (κ2) is 5.10. The monoisotopic (exact) mass is 279 g/mol. The highest BCUT2D eigenvalue weighted by molar-refractivity contribution is 5.91. The largest absolute Gasteiger partial charge is 0.453 e. The van der Waals surface area contributed by atoms with Crippen LogP contribution in [0, 0.1) is 17.1 Å². The fourth-order valence-electron chi connectivity index (χ4n) is 2.14. The highest BCUT2D eigenvalue weighted by Crippen LogP contribution is 2.34. The molecule has 0 amide bonds. The lowest BCUT2D eigenvalue weighted by atomic mass is 10.1. The van der Waals surface area contributed by atoms with Crippen molar-refractivity contribution in [2.75, 3.05) is 0 Å². The predicted octanol–water partition coefficient (Wildman–Crippen LogP) is 4.01. The van der Waals surface area contributed by atoms with Crippen molar-refractivity contribution in [2.45, 2.75) is 0 Å². The van der Waals surface area contributed by atoms with Gasteiger partial charge < -0.3 is 9.72 Å². The molecule has 0 saturated heterocycles. The molecule has 0 bridgehead atoms. The Morgan fingerprint density at radius 1 is 1.38 bits per heavy atom. The topological polar surface area (TPSA) is 61.7 Å². The van der Waals surface area contributed by atoms with Crippen molar-refractivity contribution in [1.29, 1.82) is 5.26 Å². The number of nitriles is 1. The van der Waals surface area contributed by atoms with Gasteiger partial charge in [0.1, 0.15) is 17.5 Å². The molecule has 0 radical (unpaired) electrons. The van der Waals surface area contributed by atoms with Crippen LogP contribution in [0.25, 0.3) is 17.0 Å². The summed E-state index contributed by atoms with van der Waals surface area (Å²) in [4.78, 5) is 6.79. The third kappa shape index (κ3) is 2.23. The lowest BCUT2D eigenvalue weighted by molar-refractivity contribution is 0.442. The molecule has 1 N–H and O–H groups in total. The van der Waals surface area contributed by atoms with Gasteiger partial charge in [-0.15, -0.1) is 0 Å². The normalized spacial score (nSPS) is 10.3. The lowest BCUT2D eigenvalue weighted by Crippen LogP contribution is -1.94. The fourth-order valence-corrected chi connectivity index (χ4v) is 2.14. The summed E-state index contributed by atoms with van der Waals surface area (Å²) in [5.74, 6) is -0.0826. The lowest BCUT2D eigenvalue weighted by Gasteiger charge is -2.11. The number of fused-ring (bicyclic) bond motifs is 1. The molecule has 3 aromatic rings. The van der Waals surface area contributed by atoms with Gasteiger partial charge in [0.15, 0.2) is 11.6 Å². The Morgan fingerprint density at radius 3 is 3.00 bits per heavy atom. The Bertz CT molecular complexity index is 877. The minimum Gasteiger partial charge on any atom is -0.453 e. The summed E-state index contributed by atoms with van der Waals surface area (Å²) < 4.78 is 19.8. The van der Waals surface area contributed by atoms with E-state index >= 15 is 0 Å². The fraction of sp³-hybridized carbons (Fsp3) is 0. The van der Waals surface area contributed by atoms with Crippen molar-refractivity contribution in [2.24, 2.45) is 0 Å². The summed E-state index contributed by atoms with van der Waals surface area (Å²) >= 11 is 0. The second-order valence-corrected chi connectivity index (χ2v) is 4.33. The van der Waals surface area contributed by atoms with Crippen LogP contribution in [0.3, 0.4) is 0 Å². The Hall–Kier alpha value is -3.13. The van der Waals surface area contributed by atoms with E-state index in [9.17, 15) is 4.39 Å². The molecule has 2 aromatic heterocycles. The van der Waals surface area contributed by atoms with Crippen LogP contribution in [0.2, 0.25) is 0 Å². The molecule has 0 fully saturated rings. The zero-order chi connectivity index (χ0) is 14.8. The van der Waals surface area contributed by atoms with Crippen LogP contribution in [0.4, 0.5) is 4.39 Å². The molecule has 0 unspecified atom stereocenters. The van der Waals surface area contributed by atoms with E-state index in [1.54, 1.807) is 18.3 Å². The van der Waals surface area contributed by atoms with Gasteiger partial charge in [0.05, 0.1) is 0 Å². The third-order valence-corrected chi connectivity index (χ3v) is 3.07. The molecule has 1 aromatic carbocycles. The molecule has 3 rings (SSSR count). The quantitative estimate of drug-likeness (QED) is 0.788. The number of hydrogen-bond acceptors (Lipinski definition) is 3. The van der Waals surface area contributed by atoms with Crippen LogP contribution in [0.15, 0.2) is 43.2 Å². The number of nitrogens with one attached hydrogen (secondary N) is 1. The number of H-pyrrole nitrogens is 1. The van der Waals surface area contributed by atoms with E-state index in [0.717, 1.165) is 5.39 Å². The Kier molecular flexibility index (Phi) is 3.13. The van der Waals surface area contributed by atoms with Gasteiger partial charge in [0, 0.05) is 41.0 Å². The number of nitrogens with zero attached hydrogens (tertiary/aromatic N) is 2. The van der Waals surface area contributed by atoms with Gasteiger partial charge in [0.25, 0.3) is 0 Å². The highest BCUT2D eigenvalue weighted by Gasteiger charge is 2.14. The summed E-state index contributed by atoms with van der Waals surface area (Å²) in [6.07, 6.45) is 4.70. The first kappa shape index (κ1) is 12.9. The molecule has 0 saturated carbocycles. The van der Waals surface area contributed by atoms with Crippen molar-refractivity contribution >= 4 is 17.0 Å². The van der Waals surface area contributed by atoms with E-state index in [1.807, 2.05) is 12.1 Å². The maximum absolute atomic E-state index is 14.2. The summed E-state index contributed by atoms with van der Waals surface area (Å²) in [5.41, 5.74) is 1.43. The smallest absolute Gasteiger partial charge is 0.170 e. The van der Waals surface area contributed by atoms with E-state index in [4.69, 9.17) is 10.00 Å². The van der Waals surface area contributed by atoms with Gasteiger partial charge in [-0.3, -0.25) is 0 Å². The zero-order valence-corrected chi connectivity index (χ0v) is 10.9. The van der Waals surface area contributed by atoms with Gasteiger partial charge in [-0.2, -0.15) is 5.26 Å². The third-order valence-electron chi connectivity index (χ3n) is 3.07. The molecule has 2 heterocycles. The van der Waals surface area contributed by atoms with Crippen molar-refractivity contribution in [3.05, 3.63) is 60.3 Å². The van der Waals surface area contributed by atoms with Gasteiger partial charge in [-0.05, 0) is 12.1 Å². The van der Waals surface area contributed by atoms with E-state index < -0.39 is 5.82 Å². The predicted molar refractivity (Wildman–Crippen MR) is 77.4 cm³/mol. The van der Waals surface area contributed by atoms with Crippen LogP contribution in [-0.2, 0) is 0 Å². The maximum atomic E-state index is 14.2. The Balaban J connectivity index is 2.13. The van der Waals surface area contributed by atoms with E-state index in [1.165, 1.54) is 18.3 Å². The van der Waals surface area contributed by atoms with Gasteiger partial charge in [0.2, 0.25) is 0 Å². The highest BCUT2D eigenvalue weighted by atomic mass is 19.1. The molecule has 102 valence electrons. The van der Waals surface area contributed by atoms with Crippen LogP contribution >= 0.6 is 0 Å². The molecular formula is C16H10FN3O. The molecule has 0 atom stereocenters. The van der Waals surface area contributed by atoms with Crippen LogP contribution in [0.1, 0.15) is 11.3 Å². The SMILES string of the molecule is C=Cc1c(Oc2ccnc(C#N)c2)c(F)cc2[nH]ccc12. The van der Waals surface area contributed by atoms with Crippen LogP contribution < -0.4 is 4.74 Å². The average molecular weight is 279 g/mol. The van der Waals surface area contributed by atoms with Crippen molar-refractivity contribution in [1.82, 2.24) is 9.97 Å². The van der Waals surface area contributed by atoms with Crippen molar-refractivity contribution in [3.63, 3.8) is 0 Å². The number of benzene rings is 1. The first-order valence-corrected chi connectivity index (χ1v) is 6.19. The standard InChI is InChI=1S/C16H10FN3O/c1-2-12-13-4-6-20-15(13)8-14(17)16(12)21-11-3-5-19-10(7-11)9-18/h2-8,20H,1H2. The first-order valence-electron chi connectivity index (χ1n) is 6.19. The van der Waals surface area contributed by atoms with Crippen LogP contribution in [-0.4, -0.2) is 9.97 Å². The maximum Gasteiger partial charge on any atom is 0.170 e. The molecule has 21 heavy (non-hydrogen) atoms. The molecule has 0 aliphatic heterocycles. The number of pyridine rings is 1. The molecular weight excluding hydrogens is 269 g/mol. The summed E-state index contributed by atoms with van der Waals surface area (Å²) in [5, 5.41) is 9.65. The Labute approximate surface area is 120 Å². The number of halogens is 1. The van der Waals surface area contributed by atoms with Crippen LogP contribution in [0.5, 0.6) is 11.5 Å². The van der Waals surface area contributed by atoms with Gasteiger partial charge in [-0.1, -0.05) is 12.7 Å². The minimum atomic E-state index is -0.504. The average Bonchev–Trinajstić information content (AvgIpc) is 2.96. The second-order valence-electron chi connectivity index (χ2n) is 4.33. The molecule has 4 nitrogen and oxygen atoms in total. The van der Waals surface area contributed by atoms with Gasteiger partial charge >= 0.3 is 0 Å².